The number of benzene rings is 1. The Morgan fingerprint density at radius 1 is 1.45 bits per heavy atom. The predicted molar refractivity (Wildman–Crippen MR) is 79.2 cm³/mol. The molecule has 0 aliphatic carbocycles. The van der Waals surface area contributed by atoms with Gasteiger partial charge < -0.3 is 15.3 Å². The highest BCUT2D eigenvalue weighted by molar-refractivity contribution is 5.72. The molecule has 1 aromatic carbocycles. The maximum atomic E-state index is 13.2. The van der Waals surface area contributed by atoms with Crippen LogP contribution < -0.4 is 5.32 Å². The maximum Gasteiger partial charge on any atom is 0.216 e. The van der Waals surface area contributed by atoms with Crippen molar-refractivity contribution >= 4 is 5.91 Å². The Kier molecular flexibility index (Phi) is 5.85. The van der Waals surface area contributed by atoms with Crippen LogP contribution in [0.1, 0.15) is 31.4 Å². The standard InChI is InChI=1S/C16H22F2N2O2/c1-11(21)19-8-12-3-2-6-20(9-12)10-16(22)13-4-5-14(17)15(18)7-13/h4-5,7,12,16,22H,2-3,6,8-10H2,1H3,(H,19,21). The number of hydrogen-bond donors (Lipinski definition) is 2. The Bertz CT molecular complexity index is 525. The lowest BCUT2D eigenvalue weighted by Crippen LogP contribution is -2.42. The highest BCUT2D eigenvalue weighted by atomic mass is 19.2. The number of β-amino-alcohol motifs (C(OH)–C–C–N with tert-alkyl or cyclic N) is 1. The van der Waals surface area contributed by atoms with Crippen molar-refractivity contribution in [2.45, 2.75) is 25.9 Å². The van der Waals surface area contributed by atoms with Gasteiger partial charge in [-0.15, -0.1) is 0 Å². The Hall–Kier alpha value is -1.53. The summed E-state index contributed by atoms with van der Waals surface area (Å²) in [5.41, 5.74) is 0.378. The van der Waals surface area contributed by atoms with Gasteiger partial charge in [-0.25, -0.2) is 8.78 Å². The van der Waals surface area contributed by atoms with E-state index in [1.165, 1.54) is 13.0 Å². The number of rotatable bonds is 5. The number of aliphatic hydroxyl groups excluding tert-OH is 1. The van der Waals surface area contributed by atoms with Crippen molar-refractivity contribution in [1.29, 1.82) is 0 Å². The van der Waals surface area contributed by atoms with Gasteiger partial charge in [0.05, 0.1) is 6.10 Å². The second kappa shape index (κ2) is 7.65. The molecule has 22 heavy (non-hydrogen) atoms. The Morgan fingerprint density at radius 2 is 2.23 bits per heavy atom. The van der Waals surface area contributed by atoms with Gasteiger partial charge in [-0.1, -0.05) is 6.07 Å². The Balaban J connectivity index is 1.88. The highest BCUT2D eigenvalue weighted by Crippen LogP contribution is 2.21. The predicted octanol–water partition coefficient (Wildman–Crippen LogP) is 1.85. The average molecular weight is 312 g/mol. The fraction of sp³-hybridized carbons (Fsp3) is 0.562. The molecule has 0 spiro atoms. The number of nitrogens with one attached hydrogen (secondary N) is 1. The van der Waals surface area contributed by atoms with Crippen LogP contribution in [0.2, 0.25) is 0 Å². The van der Waals surface area contributed by atoms with Crippen molar-refractivity contribution < 1.29 is 18.7 Å². The topological polar surface area (TPSA) is 52.6 Å². The molecule has 2 unspecified atom stereocenters. The van der Waals surface area contributed by atoms with E-state index < -0.39 is 17.7 Å². The van der Waals surface area contributed by atoms with E-state index in [0.717, 1.165) is 38.1 Å². The van der Waals surface area contributed by atoms with E-state index in [0.29, 0.717) is 24.6 Å². The third-order valence-electron chi connectivity index (χ3n) is 4.00. The molecule has 4 nitrogen and oxygen atoms in total. The quantitative estimate of drug-likeness (QED) is 0.872. The minimum atomic E-state index is -0.946. The number of carbonyl (C=O) groups is 1. The van der Waals surface area contributed by atoms with Crippen molar-refractivity contribution in [2.24, 2.45) is 5.92 Å². The average Bonchev–Trinajstić information content (AvgIpc) is 2.48. The molecule has 1 fully saturated rings. The fourth-order valence-corrected chi connectivity index (χ4v) is 2.84. The zero-order valence-electron chi connectivity index (χ0n) is 12.7. The number of aliphatic hydroxyl groups is 1. The zero-order valence-corrected chi connectivity index (χ0v) is 12.7. The molecule has 0 aromatic heterocycles. The van der Waals surface area contributed by atoms with Gasteiger partial charge in [0.1, 0.15) is 0 Å². The molecule has 122 valence electrons. The van der Waals surface area contributed by atoms with Crippen LogP contribution in [-0.4, -0.2) is 42.1 Å². The molecule has 1 aromatic rings. The highest BCUT2D eigenvalue weighted by Gasteiger charge is 2.22. The summed E-state index contributed by atoms with van der Waals surface area (Å²) in [6.07, 6.45) is 1.18. The molecule has 1 aliphatic rings. The van der Waals surface area contributed by atoms with Gasteiger partial charge in [0.15, 0.2) is 11.6 Å². The lowest BCUT2D eigenvalue weighted by Gasteiger charge is -2.34. The van der Waals surface area contributed by atoms with E-state index in [1.807, 2.05) is 0 Å². The third-order valence-corrected chi connectivity index (χ3v) is 4.00. The van der Waals surface area contributed by atoms with Crippen LogP contribution in [-0.2, 0) is 4.79 Å². The number of hydrogen-bond acceptors (Lipinski definition) is 3. The summed E-state index contributed by atoms with van der Waals surface area (Å²) in [6, 6.07) is 3.48. The molecule has 1 amide bonds. The Labute approximate surface area is 129 Å². The van der Waals surface area contributed by atoms with Crippen LogP contribution in [0, 0.1) is 17.6 Å². The lowest BCUT2D eigenvalue weighted by molar-refractivity contribution is -0.119. The number of carbonyl (C=O) groups excluding carboxylic acids is 1. The summed E-state index contributed by atoms with van der Waals surface area (Å²) in [5, 5.41) is 13.0. The van der Waals surface area contributed by atoms with Gasteiger partial charge in [0.25, 0.3) is 0 Å². The van der Waals surface area contributed by atoms with Crippen molar-refractivity contribution in [3.63, 3.8) is 0 Å². The molecule has 2 rings (SSSR count). The molecule has 0 saturated carbocycles. The van der Waals surface area contributed by atoms with E-state index in [4.69, 9.17) is 0 Å². The van der Waals surface area contributed by atoms with Gasteiger partial charge >= 0.3 is 0 Å². The van der Waals surface area contributed by atoms with Gasteiger partial charge in [-0.2, -0.15) is 0 Å². The van der Waals surface area contributed by atoms with Gasteiger partial charge in [0, 0.05) is 26.6 Å². The Morgan fingerprint density at radius 3 is 2.91 bits per heavy atom. The first-order valence-corrected chi connectivity index (χ1v) is 7.55. The van der Waals surface area contributed by atoms with Gasteiger partial charge in [-0.05, 0) is 43.0 Å². The largest absolute Gasteiger partial charge is 0.387 e. The molecular weight excluding hydrogens is 290 g/mol. The molecule has 1 aliphatic heterocycles. The number of halogens is 2. The summed E-state index contributed by atoms with van der Waals surface area (Å²) < 4.78 is 26.1. The molecular formula is C16H22F2N2O2. The number of likely N-dealkylation sites (tertiary alicyclic amines) is 1. The van der Waals surface area contributed by atoms with Crippen molar-refractivity contribution in [1.82, 2.24) is 10.2 Å². The summed E-state index contributed by atoms with van der Waals surface area (Å²) in [6.45, 7) is 4.14. The first-order valence-electron chi connectivity index (χ1n) is 7.55. The van der Waals surface area contributed by atoms with Crippen LogP contribution >= 0.6 is 0 Å². The van der Waals surface area contributed by atoms with E-state index in [1.54, 1.807) is 0 Å². The SMILES string of the molecule is CC(=O)NCC1CCCN(CC(O)c2ccc(F)c(F)c2)C1. The number of amides is 1. The van der Waals surface area contributed by atoms with Crippen molar-refractivity contribution in [3.8, 4) is 0 Å². The molecule has 2 atom stereocenters. The smallest absolute Gasteiger partial charge is 0.216 e. The van der Waals surface area contributed by atoms with E-state index in [9.17, 15) is 18.7 Å². The molecule has 0 radical (unpaired) electrons. The van der Waals surface area contributed by atoms with E-state index >= 15 is 0 Å². The zero-order chi connectivity index (χ0) is 16.1. The van der Waals surface area contributed by atoms with Crippen LogP contribution in [0.3, 0.4) is 0 Å². The number of piperidine rings is 1. The van der Waals surface area contributed by atoms with Crippen LogP contribution in [0.25, 0.3) is 0 Å². The summed E-state index contributed by atoms with van der Waals surface area (Å²) in [4.78, 5) is 13.1. The van der Waals surface area contributed by atoms with Crippen LogP contribution in [0.4, 0.5) is 8.78 Å². The van der Waals surface area contributed by atoms with Crippen molar-refractivity contribution in [2.75, 3.05) is 26.2 Å². The summed E-state index contributed by atoms with van der Waals surface area (Å²) in [7, 11) is 0. The minimum absolute atomic E-state index is 0.0426. The second-order valence-electron chi connectivity index (χ2n) is 5.89. The first-order chi connectivity index (χ1) is 10.5. The van der Waals surface area contributed by atoms with Crippen LogP contribution in [0.15, 0.2) is 18.2 Å². The maximum absolute atomic E-state index is 13.2. The molecule has 1 saturated heterocycles. The lowest BCUT2D eigenvalue weighted by atomic mass is 9.97. The molecule has 2 N–H and O–H groups in total. The van der Waals surface area contributed by atoms with Crippen LogP contribution in [0.5, 0.6) is 0 Å². The monoisotopic (exact) mass is 312 g/mol. The molecule has 6 heteroatoms. The van der Waals surface area contributed by atoms with Crippen molar-refractivity contribution in [3.05, 3.63) is 35.4 Å². The summed E-state index contributed by atoms with van der Waals surface area (Å²) >= 11 is 0. The first kappa shape index (κ1) is 16.8. The van der Waals surface area contributed by atoms with E-state index in [-0.39, 0.29) is 5.91 Å². The van der Waals surface area contributed by atoms with Gasteiger partial charge in [0.2, 0.25) is 5.91 Å². The van der Waals surface area contributed by atoms with Gasteiger partial charge in [-0.3, -0.25) is 4.79 Å². The minimum Gasteiger partial charge on any atom is -0.387 e. The van der Waals surface area contributed by atoms with E-state index in [2.05, 4.69) is 10.2 Å². The molecule has 0 bridgehead atoms. The molecule has 1 heterocycles. The number of nitrogens with zero attached hydrogens (tertiary/aromatic N) is 1. The fourth-order valence-electron chi connectivity index (χ4n) is 2.84. The summed E-state index contributed by atoms with van der Waals surface area (Å²) in [5.74, 6) is -1.54. The normalized spacial score (nSPS) is 20.6. The third kappa shape index (κ3) is 4.74. The second-order valence-corrected chi connectivity index (χ2v) is 5.89.